The first kappa shape index (κ1) is 13.4. The van der Waals surface area contributed by atoms with Crippen molar-refractivity contribution >= 4 is 26.1 Å². The van der Waals surface area contributed by atoms with Gasteiger partial charge in [0, 0.05) is 32.0 Å². The molecule has 1 fully saturated rings. The summed E-state index contributed by atoms with van der Waals surface area (Å²) in [6.45, 7) is 2.71. The monoisotopic (exact) mass is 300 g/mol. The summed E-state index contributed by atoms with van der Waals surface area (Å²) < 4.78 is 32.1. The molecule has 2 unspecified atom stereocenters. The Morgan fingerprint density at radius 2 is 2.13 bits per heavy atom. The number of halogens is 1. The van der Waals surface area contributed by atoms with Crippen LogP contribution in [0.5, 0.6) is 0 Å². The van der Waals surface area contributed by atoms with Crippen LogP contribution in [-0.2, 0) is 14.9 Å². The van der Waals surface area contributed by atoms with E-state index < -0.39 is 10.2 Å². The number of alkyl halides is 1. The quantitative estimate of drug-likeness (QED) is 0.704. The van der Waals surface area contributed by atoms with Gasteiger partial charge < -0.3 is 4.74 Å². The molecule has 90 valence electrons. The third-order valence-corrected chi connectivity index (χ3v) is 5.12. The van der Waals surface area contributed by atoms with Gasteiger partial charge >= 0.3 is 0 Å². The van der Waals surface area contributed by atoms with Crippen molar-refractivity contribution in [2.45, 2.75) is 19.1 Å². The summed E-state index contributed by atoms with van der Waals surface area (Å²) >= 11 is 3.30. The average molecular weight is 301 g/mol. The smallest absolute Gasteiger partial charge is 0.281 e. The molecule has 0 N–H and O–H groups in total. The summed E-state index contributed by atoms with van der Waals surface area (Å²) in [6, 6.07) is -0.104. The molecule has 0 aromatic heterocycles. The summed E-state index contributed by atoms with van der Waals surface area (Å²) in [5, 5.41) is 0.652. The van der Waals surface area contributed by atoms with Gasteiger partial charge in [0.2, 0.25) is 0 Å². The molecule has 1 heterocycles. The predicted molar refractivity (Wildman–Crippen MR) is 62.3 cm³/mol. The molecule has 1 aliphatic heterocycles. The summed E-state index contributed by atoms with van der Waals surface area (Å²) in [5.41, 5.74) is 0. The van der Waals surface area contributed by atoms with Crippen LogP contribution in [0.25, 0.3) is 0 Å². The van der Waals surface area contributed by atoms with Gasteiger partial charge in [-0.1, -0.05) is 15.9 Å². The number of ether oxygens (including phenoxy) is 1. The lowest BCUT2D eigenvalue weighted by Crippen LogP contribution is -2.54. The molecule has 1 rings (SSSR count). The van der Waals surface area contributed by atoms with Crippen molar-refractivity contribution in [3.8, 4) is 0 Å². The molecule has 0 bridgehead atoms. The van der Waals surface area contributed by atoms with Gasteiger partial charge in [-0.3, -0.25) is 0 Å². The van der Waals surface area contributed by atoms with E-state index in [1.54, 1.807) is 14.1 Å². The lowest BCUT2D eigenvalue weighted by Gasteiger charge is -2.37. The number of hydrogen-bond acceptors (Lipinski definition) is 3. The fraction of sp³-hybridized carbons (Fsp3) is 1.00. The number of hydrogen-bond donors (Lipinski definition) is 0. The van der Waals surface area contributed by atoms with Crippen LogP contribution in [0.1, 0.15) is 6.92 Å². The van der Waals surface area contributed by atoms with Gasteiger partial charge in [0.15, 0.2) is 0 Å². The molecule has 15 heavy (non-hydrogen) atoms. The zero-order valence-electron chi connectivity index (χ0n) is 9.18. The Balaban J connectivity index is 2.83. The van der Waals surface area contributed by atoms with Crippen molar-refractivity contribution in [3.63, 3.8) is 0 Å². The standard InChI is InChI=1S/C8H17BrN2O3S/c1-7-6-14-8(4-9)5-11(7)15(12,13)10(2)3/h7-8H,4-6H2,1-3H3. The normalized spacial score (nSPS) is 29.7. The largest absolute Gasteiger partial charge is 0.374 e. The Morgan fingerprint density at radius 1 is 1.53 bits per heavy atom. The highest BCUT2D eigenvalue weighted by atomic mass is 79.9. The molecule has 1 saturated heterocycles. The lowest BCUT2D eigenvalue weighted by molar-refractivity contribution is -0.0154. The average Bonchev–Trinajstić information content (AvgIpc) is 2.18. The molecule has 0 aromatic carbocycles. The second kappa shape index (κ2) is 5.09. The fourth-order valence-electron chi connectivity index (χ4n) is 1.42. The summed E-state index contributed by atoms with van der Waals surface area (Å²) in [6.07, 6.45) is -0.0593. The predicted octanol–water partition coefficient (Wildman–Crippen LogP) is 0.277. The molecular weight excluding hydrogens is 284 g/mol. The van der Waals surface area contributed by atoms with E-state index in [1.165, 1.54) is 8.61 Å². The molecule has 0 saturated carbocycles. The van der Waals surface area contributed by atoms with E-state index in [-0.39, 0.29) is 12.1 Å². The van der Waals surface area contributed by atoms with Crippen molar-refractivity contribution in [3.05, 3.63) is 0 Å². The maximum Gasteiger partial charge on any atom is 0.281 e. The second-order valence-electron chi connectivity index (χ2n) is 3.82. The second-order valence-corrected chi connectivity index (χ2v) is 6.56. The number of rotatable bonds is 3. The van der Waals surface area contributed by atoms with E-state index in [0.29, 0.717) is 18.5 Å². The highest BCUT2D eigenvalue weighted by Crippen LogP contribution is 2.18. The van der Waals surface area contributed by atoms with Crippen LogP contribution in [0.4, 0.5) is 0 Å². The summed E-state index contributed by atoms with van der Waals surface area (Å²) in [4.78, 5) is 0. The molecule has 5 nitrogen and oxygen atoms in total. The highest BCUT2D eigenvalue weighted by Gasteiger charge is 2.35. The fourth-order valence-corrected chi connectivity index (χ4v) is 3.10. The summed E-state index contributed by atoms with van der Waals surface area (Å²) in [7, 11) is -0.242. The van der Waals surface area contributed by atoms with Gasteiger partial charge in [0.05, 0.1) is 12.7 Å². The molecule has 0 spiro atoms. The molecular formula is C8H17BrN2O3S. The van der Waals surface area contributed by atoms with Crippen molar-refractivity contribution in [2.24, 2.45) is 0 Å². The van der Waals surface area contributed by atoms with Gasteiger partial charge in [-0.25, -0.2) is 0 Å². The maximum atomic E-state index is 11.9. The van der Waals surface area contributed by atoms with Crippen LogP contribution in [-0.4, -0.2) is 61.8 Å². The molecule has 0 aromatic rings. The van der Waals surface area contributed by atoms with Crippen LogP contribution in [0.3, 0.4) is 0 Å². The highest BCUT2D eigenvalue weighted by molar-refractivity contribution is 9.09. The van der Waals surface area contributed by atoms with Gasteiger partial charge in [0.25, 0.3) is 10.2 Å². The van der Waals surface area contributed by atoms with E-state index >= 15 is 0 Å². The Bertz CT molecular complexity index is 307. The zero-order chi connectivity index (χ0) is 11.6. The minimum Gasteiger partial charge on any atom is -0.374 e. The van der Waals surface area contributed by atoms with E-state index in [2.05, 4.69) is 15.9 Å². The number of nitrogens with zero attached hydrogens (tertiary/aromatic N) is 2. The molecule has 7 heteroatoms. The van der Waals surface area contributed by atoms with E-state index in [1.807, 2.05) is 6.92 Å². The minimum atomic E-state index is -3.33. The zero-order valence-corrected chi connectivity index (χ0v) is 11.6. The number of morpholine rings is 1. The van der Waals surface area contributed by atoms with E-state index in [4.69, 9.17) is 4.74 Å². The molecule has 0 amide bonds. The van der Waals surface area contributed by atoms with Gasteiger partial charge in [0.1, 0.15) is 0 Å². The SMILES string of the molecule is CC1COC(CBr)CN1S(=O)(=O)N(C)C. The molecule has 0 aliphatic carbocycles. The molecule has 2 atom stereocenters. The third-order valence-electron chi connectivity index (χ3n) is 2.38. The molecule has 0 radical (unpaired) electrons. The van der Waals surface area contributed by atoms with Crippen molar-refractivity contribution in [1.82, 2.24) is 8.61 Å². The van der Waals surface area contributed by atoms with Crippen molar-refractivity contribution in [1.29, 1.82) is 0 Å². The Kier molecular flexibility index (Phi) is 4.54. The first-order valence-electron chi connectivity index (χ1n) is 4.76. The van der Waals surface area contributed by atoms with E-state index in [9.17, 15) is 8.42 Å². The molecule has 1 aliphatic rings. The topological polar surface area (TPSA) is 49.9 Å². The van der Waals surface area contributed by atoms with Gasteiger partial charge in [-0.2, -0.15) is 17.0 Å². The first-order chi connectivity index (χ1) is 6.89. The Labute approximate surface area is 99.7 Å². The van der Waals surface area contributed by atoms with Crippen LogP contribution >= 0.6 is 15.9 Å². The van der Waals surface area contributed by atoms with Crippen LogP contribution < -0.4 is 0 Å². The van der Waals surface area contributed by atoms with Crippen LogP contribution in [0, 0.1) is 0 Å². The van der Waals surface area contributed by atoms with Crippen molar-refractivity contribution in [2.75, 3.05) is 32.6 Å². The Hall–Kier alpha value is 0.310. The van der Waals surface area contributed by atoms with Crippen LogP contribution in [0.15, 0.2) is 0 Å². The first-order valence-corrected chi connectivity index (χ1v) is 7.28. The summed E-state index contributed by atoms with van der Waals surface area (Å²) in [5.74, 6) is 0. The van der Waals surface area contributed by atoms with E-state index in [0.717, 1.165) is 0 Å². The van der Waals surface area contributed by atoms with Crippen LogP contribution in [0.2, 0.25) is 0 Å². The maximum absolute atomic E-state index is 11.9. The third kappa shape index (κ3) is 2.91. The van der Waals surface area contributed by atoms with Crippen molar-refractivity contribution < 1.29 is 13.2 Å². The Morgan fingerprint density at radius 3 is 2.60 bits per heavy atom. The minimum absolute atomic E-state index is 0.0593. The van der Waals surface area contributed by atoms with Gasteiger partial charge in [-0.15, -0.1) is 0 Å². The van der Waals surface area contributed by atoms with Gasteiger partial charge in [-0.05, 0) is 6.92 Å². The lowest BCUT2D eigenvalue weighted by atomic mass is 10.2.